The second-order valence-corrected chi connectivity index (χ2v) is 3.49. The van der Waals surface area contributed by atoms with Gasteiger partial charge in [-0.25, -0.2) is 0 Å². The van der Waals surface area contributed by atoms with Gasteiger partial charge in [0.1, 0.15) is 0 Å². The van der Waals surface area contributed by atoms with E-state index < -0.39 is 0 Å². The number of aryl methyl sites for hydroxylation is 1. The highest BCUT2D eigenvalue weighted by molar-refractivity contribution is 5.45. The van der Waals surface area contributed by atoms with E-state index >= 15 is 0 Å². The van der Waals surface area contributed by atoms with E-state index in [9.17, 15) is 0 Å². The molecule has 0 heterocycles. The van der Waals surface area contributed by atoms with Gasteiger partial charge in [0.2, 0.25) is 0 Å². The third kappa shape index (κ3) is 1.32. The first-order chi connectivity index (χ1) is 6.33. The van der Waals surface area contributed by atoms with Crippen molar-refractivity contribution in [2.75, 3.05) is 0 Å². The summed E-state index contributed by atoms with van der Waals surface area (Å²) in [7, 11) is 0. The van der Waals surface area contributed by atoms with Crippen LogP contribution in [-0.2, 0) is 6.42 Å². The predicted octanol–water partition coefficient (Wildman–Crippen LogP) is 1.89. The molecule has 13 heavy (non-hydrogen) atoms. The number of nitrogens with zero attached hydrogens (tertiary/aromatic N) is 1. The number of hydrogen-bond donors (Lipinski definition) is 1. The van der Waals surface area contributed by atoms with E-state index in [-0.39, 0.29) is 6.04 Å². The third-order valence-corrected chi connectivity index (χ3v) is 2.65. The van der Waals surface area contributed by atoms with Crippen molar-refractivity contribution in [1.82, 2.24) is 0 Å². The maximum absolute atomic E-state index is 8.91. The number of benzene rings is 1. The summed E-state index contributed by atoms with van der Waals surface area (Å²) in [4.78, 5) is 0. The van der Waals surface area contributed by atoms with Gasteiger partial charge in [0, 0.05) is 6.04 Å². The first-order valence-electron chi connectivity index (χ1n) is 4.60. The van der Waals surface area contributed by atoms with Crippen LogP contribution < -0.4 is 5.73 Å². The summed E-state index contributed by atoms with van der Waals surface area (Å²) in [5.74, 6) is 0. The lowest BCUT2D eigenvalue weighted by molar-refractivity contribution is 0.569. The summed E-state index contributed by atoms with van der Waals surface area (Å²) in [6.07, 6.45) is 3.22. The monoisotopic (exact) mass is 172 g/mol. The molecule has 1 aliphatic carbocycles. The molecular weight excluding hydrogens is 160 g/mol. The molecule has 1 aromatic rings. The Morgan fingerprint density at radius 2 is 2.31 bits per heavy atom. The third-order valence-electron chi connectivity index (χ3n) is 2.65. The summed E-state index contributed by atoms with van der Waals surface area (Å²) in [6.45, 7) is 0. The summed E-state index contributed by atoms with van der Waals surface area (Å²) in [5.41, 5.74) is 9.07. The summed E-state index contributed by atoms with van der Waals surface area (Å²) in [5, 5.41) is 8.91. The Balaban J connectivity index is 2.58. The Bertz CT molecular complexity index is 363. The number of nitriles is 1. The molecule has 0 aliphatic heterocycles. The standard InChI is InChI=1S/C11H12N2/c12-7-9-5-1-3-8-4-2-6-10(13)11(8)9/h1,3,5,10H,2,4,6,13H2/t10-/m1/s1. The minimum absolute atomic E-state index is 0.0691. The van der Waals surface area contributed by atoms with E-state index in [1.807, 2.05) is 12.1 Å². The minimum atomic E-state index is 0.0691. The highest BCUT2D eigenvalue weighted by Crippen LogP contribution is 2.30. The minimum Gasteiger partial charge on any atom is -0.324 e. The Hall–Kier alpha value is -1.33. The topological polar surface area (TPSA) is 49.8 Å². The van der Waals surface area contributed by atoms with Gasteiger partial charge in [0.05, 0.1) is 11.6 Å². The lowest BCUT2D eigenvalue weighted by atomic mass is 9.85. The first-order valence-corrected chi connectivity index (χ1v) is 4.60. The molecule has 0 aromatic heterocycles. The zero-order valence-electron chi connectivity index (χ0n) is 7.46. The van der Waals surface area contributed by atoms with Gasteiger partial charge in [-0.15, -0.1) is 0 Å². The highest BCUT2D eigenvalue weighted by Gasteiger charge is 2.19. The summed E-state index contributed by atoms with van der Waals surface area (Å²) >= 11 is 0. The fourth-order valence-corrected chi connectivity index (χ4v) is 2.02. The Labute approximate surface area is 78.0 Å². The van der Waals surface area contributed by atoms with Crippen LogP contribution in [-0.4, -0.2) is 0 Å². The number of nitrogens with two attached hydrogens (primary N) is 1. The van der Waals surface area contributed by atoms with Crippen LogP contribution in [0.5, 0.6) is 0 Å². The van der Waals surface area contributed by atoms with Crippen LogP contribution in [0, 0.1) is 11.3 Å². The van der Waals surface area contributed by atoms with Gasteiger partial charge in [0.25, 0.3) is 0 Å². The normalized spacial score (nSPS) is 20.5. The molecule has 0 unspecified atom stereocenters. The second-order valence-electron chi connectivity index (χ2n) is 3.49. The van der Waals surface area contributed by atoms with Gasteiger partial charge >= 0.3 is 0 Å². The van der Waals surface area contributed by atoms with E-state index in [2.05, 4.69) is 12.1 Å². The molecule has 0 amide bonds. The van der Waals surface area contributed by atoms with Crippen molar-refractivity contribution in [3.05, 3.63) is 34.9 Å². The van der Waals surface area contributed by atoms with Gasteiger partial charge in [-0.2, -0.15) is 5.26 Å². The van der Waals surface area contributed by atoms with E-state index in [1.165, 1.54) is 5.56 Å². The Kier molecular flexibility index (Phi) is 2.03. The average Bonchev–Trinajstić information content (AvgIpc) is 2.17. The highest BCUT2D eigenvalue weighted by atomic mass is 14.6. The number of fused-ring (bicyclic) bond motifs is 1. The van der Waals surface area contributed by atoms with Crippen LogP contribution >= 0.6 is 0 Å². The molecule has 1 aromatic carbocycles. The van der Waals surface area contributed by atoms with Gasteiger partial charge in [-0.05, 0) is 36.5 Å². The zero-order chi connectivity index (χ0) is 9.26. The van der Waals surface area contributed by atoms with Crippen molar-refractivity contribution >= 4 is 0 Å². The molecule has 0 bridgehead atoms. The molecule has 0 spiro atoms. The maximum atomic E-state index is 8.91. The Morgan fingerprint density at radius 1 is 1.46 bits per heavy atom. The summed E-state index contributed by atoms with van der Waals surface area (Å²) < 4.78 is 0. The van der Waals surface area contributed by atoms with Crippen molar-refractivity contribution in [2.24, 2.45) is 5.73 Å². The average molecular weight is 172 g/mol. The van der Waals surface area contributed by atoms with E-state index in [1.54, 1.807) is 0 Å². The van der Waals surface area contributed by atoms with Crippen LogP contribution in [0.1, 0.15) is 35.6 Å². The quantitative estimate of drug-likeness (QED) is 0.649. The van der Waals surface area contributed by atoms with Gasteiger partial charge in [-0.1, -0.05) is 12.1 Å². The predicted molar refractivity (Wildman–Crippen MR) is 51.0 cm³/mol. The molecule has 1 aliphatic rings. The van der Waals surface area contributed by atoms with E-state index in [0.717, 1.165) is 30.4 Å². The van der Waals surface area contributed by atoms with Crippen LogP contribution in [0.2, 0.25) is 0 Å². The largest absolute Gasteiger partial charge is 0.324 e. The zero-order valence-corrected chi connectivity index (χ0v) is 7.46. The van der Waals surface area contributed by atoms with Crippen LogP contribution in [0.3, 0.4) is 0 Å². The van der Waals surface area contributed by atoms with E-state index in [0.29, 0.717) is 0 Å². The molecule has 2 nitrogen and oxygen atoms in total. The van der Waals surface area contributed by atoms with Crippen molar-refractivity contribution in [2.45, 2.75) is 25.3 Å². The number of rotatable bonds is 0. The Morgan fingerprint density at radius 3 is 3.08 bits per heavy atom. The van der Waals surface area contributed by atoms with E-state index in [4.69, 9.17) is 11.0 Å². The van der Waals surface area contributed by atoms with Crippen molar-refractivity contribution < 1.29 is 0 Å². The van der Waals surface area contributed by atoms with Crippen molar-refractivity contribution in [3.63, 3.8) is 0 Å². The first kappa shape index (κ1) is 8.28. The molecule has 1 atom stereocenters. The van der Waals surface area contributed by atoms with Gasteiger partial charge in [0.15, 0.2) is 0 Å². The molecule has 2 heteroatoms. The summed E-state index contributed by atoms with van der Waals surface area (Å²) in [6, 6.07) is 8.14. The lowest BCUT2D eigenvalue weighted by Gasteiger charge is -2.22. The molecule has 66 valence electrons. The molecule has 0 saturated heterocycles. The molecule has 2 N–H and O–H groups in total. The molecular formula is C11H12N2. The second kappa shape index (κ2) is 3.20. The number of hydrogen-bond acceptors (Lipinski definition) is 2. The van der Waals surface area contributed by atoms with Crippen LogP contribution in [0.25, 0.3) is 0 Å². The smallest absolute Gasteiger partial charge is 0.0995 e. The van der Waals surface area contributed by atoms with Crippen molar-refractivity contribution in [1.29, 1.82) is 5.26 Å². The SMILES string of the molecule is N#Cc1cccc2c1[C@H](N)CCC2. The van der Waals surface area contributed by atoms with Crippen molar-refractivity contribution in [3.8, 4) is 6.07 Å². The molecule has 0 saturated carbocycles. The molecule has 0 fully saturated rings. The fraction of sp³-hybridized carbons (Fsp3) is 0.364. The molecule has 2 rings (SSSR count). The maximum Gasteiger partial charge on any atom is 0.0995 e. The molecule has 0 radical (unpaired) electrons. The van der Waals surface area contributed by atoms with Crippen LogP contribution in [0.15, 0.2) is 18.2 Å². The van der Waals surface area contributed by atoms with Gasteiger partial charge < -0.3 is 5.73 Å². The lowest BCUT2D eigenvalue weighted by Crippen LogP contribution is -2.18. The van der Waals surface area contributed by atoms with Crippen LogP contribution in [0.4, 0.5) is 0 Å². The van der Waals surface area contributed by atoms with Gasteiger partial charge in [-0.3, -0.25) is 0 Å². The fourth-order valence-electron chi connectivity index (χ4n) is 2.02.